The summed E-state index contributed by atoms with van der Waals surface area (Å²) >= 11 is 0. The highest BCUT2D eigenvalue weighted by Gasteiger charge is 2.12. The monoisotopic (exact) mass is 240 g/mol. The zero-order valence-electron chi connectivity index (χ0n) is 10.7. The number of hydrogen-bond acceptors (Lipinski definition) is 3. The minimum absolute atomic E-state index is 0.104. The van der Waals surface area contributed by atoms with E-state index in [4.69, 9.17) is 0 Å². The van der Waals surface area contributed by atoms with Gasteiger partial charge >= 0.3 is 0 Å². The molecule has 1 aromatic rings. The lowest BCUT2D eigenvalue weighted by Crippen LogP contribution is -2.36. The number of aliphatic hydroxyl groups is 1. The fourth-order valence-corrected chi connectivity index (χ4v) is 1.74. The van der Waals surface area contributed by atoms with E-state index in [-0.39, 0.29) is 11.9 Å². The van der Waals surface area contributed by atoms with E-state index in [1.165, 1.54) is 6.07 Å². The number of benzene rings is 1. The first-order valence-electron chi connectivity index (χ1n) is 5.81. The van der Waals surface area contributed by atoms with Crippen molar-refractivity contribution in [3.8, 4) is 0 Å². The van der Waals surface area contributed by atoms with Crippen LogP contribution in [0.25, 0.3) is 0 Å². The number of hydrogen-bond donors (Lipinski definition) is 2. The van der Waals surface area contributed by atoms with Crippen LogP contribution in [0.5, 0.6) is 0 Å². The first kappa shape index (κ1) is 14.1. The smallest absolute Gasteiger partial charge is 0.127 e. The van der Waals surface area contributed by atoms with E-state index in [0.717, 1.165) is 0 Å². The van der Waals surface area contributed by atoms with Gasteiger partial charge < -0.3 is 15.3 Å². The molecule has 0 radical (unpaired) electrons. The molecule has 0 amide bonds. The molecule has 2 N–H and O–H groups in total. The summed E-state index contributed by atoms with van der Waals surface area (Å²) in [6.07, 6.45) is -0.445. The van der Waals surface area contributed by atoms with Gasteiger partial charge in [-0.25, -0.2) is 4.39 Å². The van der Waals surface area contributed by atoms with Crippen LogP contribution in [0, 0.1) is 5.82 Å². The second-order valence-electron chi connectivity index (χ2n) is 4.57. The van der Waals surface area contributed by atoms with Gasteiger partial charge in [0, 0.05) is 24.7 Å². The number of halogens is 1. The van der Waals surface area contributed by atoms with Crippen LogP contribution in [-0.4, -0.2) is 43.3 Å². The molecule has 1 rings (SSSR count). The predicted octanol–water partition coefficient (Wildman–Crippen LogP) is 1.40. The Morgan fingerprint density at radius 3 is 2.59 bits per heavy atom. The van der Waals surface area contributed by atoms with Gasteiger partial charge in [0.2, 0.25) is 0 Å². The Morgan fingerprint density at radius 1 is 1.35 bits per heavy atom. The fourth-order valence-electron chi connectivity index (χ4n) is 1.74. The van der Waals surface area contributed by atoms with Crippen LogP contribution in [0.3, 0.4) is 0 Å². The Balaban J connectivity index is 2.45. The normalized spacial score (nSPS) is 14.9. The highest BCUT2D eigenvalue weighted by Crippen LogP contribution is 2.15. The van der Waals surface area contributed by atoms with Crippen molar-refractivity contribution in [1.29, 1.82) is 0 Å². The maximum Gasteiger partial charge on any atom is 0.127 e. The summed E-state index contributed by atoms with van der Waals surface area (Å²) in [6.45, 7) is 2.94. The number of likely N-dealkylation sites (N-methyl/N-ethyl adjacent to an activating group) is 1. The van der Waals surface area contributed by atoms with Crippen LogP contribution in [0.1, 0.15) is 18.5 Å². The number of rotatable bonds is 6. The summed E-state index contributed by atoms with van der Waals surface area (Å²) in [5.41, 5.74) is 0.629. The van der Waals surface area contributed by atoms with Gasteiger partial charge in [-0.2, -0.15) is 0 Å². The van der Waals surface area contributed by atoms with Crippen molar-refractivity contribution in [1.82, 2.24) is 10.2 Å². The van der Waals surface area contributed by atoms with Crippen LogP contribution in [0.15, 0.2) is 24.3 Å². The molecule has 4 heteroatoms. The molecule has 0 aliphatic heterocycles. The van der Waals surface area contributed by atoms with Crippen molar-refractivity contribution >= 4 is 0 Å². The van der Waals surface area contributed by atoms with Gasteiger partial charge in [-0.1, -0.05) is 18.2 Å². The summed E-state index contributed by atoms with van der Waals surface area (Å²) in [4.78, 5) is 1.92. The topological polar surface area (TPSA) is 35.5 Å². The molecule has 0 aromatic heterocycles. The first-order chi connectivity index (χ1) is 8.00. The van der Waals surface area contributed by atoms with Crippen LogP contribution in [0.2, 0.25) is 0 Å². The molecule has 1 unspecified atom stereocenters. The zero-order chi connectivity index (χ0) is 12.8. The maximum atomic E-state index is 13.5. The third-order valence-electron chi connectivity index (χ3n) is 2.61. The van der Waals surface area contributed by atoms with Crippen molar-refractivity contribution in [3.05, 3.63) is 35.6 Å². The van der Waals surface area contributed by atoms with E-state index >= 15 is 0 Å². The fraction of sp³-hybridized carbons (Fsp3) is 0.538. The van der Waals surface area contributed by atoms with Crippen molar-refractivity contribution in [2.45, 2.75) is 19.1 Å². The largest absolute Gasteiger partial charge is 0.390 e. The Hall–Kier alpha value is -0.970. The molecule has 2 atom stereocenters. The van der Waals surface area contributed by atoms with E-state index < -0.39 is 6.10 Å². The SMILES string of the molecule is C[C@@H](NCC(O)CN(C)C)c1ccccc1F. The highest BCUT2D eigenvalue weighted by atomic mass is 19.1. The van der Waals surface area contributed by atoms with E-state index in [9.17, 15) is 9.50 Å². The van der Waals surface area contributed by atoms with Gasteiger partial charge in [-0.15, -0.1) is 0 Å². The molecule has 0 aliphatic carbocycles. The molecular weight excluding hydrogens is 219 g/mol. The molecule has 1 aromatic carbocycles. The Bertz CT molecular complexity index is 344. The average Bonchev–Trinajstić information content (AvgIpc) is 2.25. The molecular formula is C13H21FN2O. The summed E-state index contributed by atoms with van der Waals surface area (Å²) < 4.78 is 13.5. The summed E-state index contributed by atoms with van der Waals surface area (Å²) in [6, 6.07) is 6.59. The van der Waals surface area contributed by atoms with E-state index in [1.807, 2.05) is 32.0 Å². The molecule has 96 valence electrons. The Labute approximate surface area is 102 Å². The minimum atomic E-state index is -0.445. The van der Waals surface area contributed by atoms with Gasteiger partial charge in [-0.05, 0) is 27.1 Å². The van der Waals surface area contributed by atoms with Crippen molar-refractivity contribution in [3.63, 3.8) is 0 Å². The lowest BCUT2D eigenvalue weighted by molar-refractivity contribution is 0.132. The molecule has 3 nitrogen and oxygen atoms in total. The van der Waals surface area contributed by atoms with Gasteiger partial charge in [0.1, 0.15) is 5.82 Å². The third kappa shape index (κ3) is 4.81. The van der Waals surface area contributed by atoms with Crippen LogP contribution >= 0.6 is 0 Å². The van der Waals surface area contributed by atoms with Gasteiger partial charge in [0.05, 0.1) is 6.10 Å². The lowest BCUT2D eigenvalue weighted by Gasteiger charge is -2.20. The number of aliphatic hydroxyl groups excluding tert-OH is 1. The molecule has 0 spiro atoms. The zero-order valence-corrected chi connectivity index (χ0v) is 10.7. The van der Waals surface area contributed by atoms with Gasteiger partial charge in [-0.3, -0.25) is 0 Å². The minimum Gasteiger partial charge on any atom is -0.390 e. The first-order valence-corrected chi connectivity index (χ1v) is 5.81. The highest BCUT2D eigenvalue weighted by molar-refractivity contribution is 5.20. The molecule has 0 saturated carbocycles. The summed E-state index contributed by atoms with van der Waals surface area (Å²) in [7, 11) is 3.81. The molecule has 0 heterocycles. The summed E-state index contributed by atoms with van der Waals surface area (Å²) in [5, 5.41) is 12.8. The van der Waals surface area contributed by atoms with E-state index in [0.29, 0.717) is 18.7 Å². The standard InChI is InChI=1S/C13H21FN2O/c1-10(12-6-4-5-7-13(12)14)15-8-11(17)9-16(2)3/h4-7,10-11,15,17H,8-9H2,1-3H3/t10-,11?/m1/s1. The maximum absolute atomic E-state index is 13.5. The van der Waals surface area contributed by atoms with Gasteiger partial charge in [0.25, 0.3) is 0 Å². The second-order valence-corrected chi connectivity index (χ2v) is 4.57. The molecule has 0 aliphatic rings. The van der Waals surface area contributed by atoms with Crippen molar-refractivity contribution < 1.29 is 9.50 Å². The molecule has 0 saturated heterocycles. The predicted molar refractivity (Wildman–Crippen MR) is 67.4 cm³/mol. The summed E-state index contributed by atoms with van der Waals surface area (Å²) in [5.74, 6) is -0.213. The molecule has 0 bridgehead atoms. The number of nitrogens with zero attached hydrogens (tertiary/aromatic N) is 1. The van der Waals surface area contributed by atoms with Crippen LogP contribution in [-0.2, 0) is 0 Å². The number of nitrogens with one attached hydrogen (secondary N) is 1. The quantitative estimate of drug-likeness (QED) is 0.789. The third-order valence-corrected chi connectivity index (χ3v) is 2.61. The van der Waals surface area contributed by atoms with E-state index in [2.05, 4.69) is 5.32 Å². The molecule has 17 heavy (non-hydrogen) atoms. The Kier molecular flexibility index (Phi) is 5.55. The van der Waals surface area contributed by atoms with Crippen LogP contribution < -0.4 is 5.32 Å². The lowest BCUT2D eigenvalue weighted by atomic mass is 10.1. The van der Waals surface area contributed by atoms with Crippen LogP contribution in [0.4, 0.5) is 4.39 Å². The second kappa shape index (κ2) is 6.69. The Morgan fingerprint density at radius 2 is 2.00 bits per heavy atom. The molecule has 0 fully saturated rings. The average molecular weight is 240 g/mol. The van der Waals surface area contributed by atoms with Gasteiger partial charge in [0.15, 0.2) is 0 Å². The van der Waals surface area contributed by atoms with E-state index in [1.54, 1.807) is 12.1 Å². The van der Waals surface area contributed by atoms with Crippen molar-refractivity contribution in [2.24, 2.45) is 0 Å². The van der Waals surface area contributed by atoms with Crippen molar-refractivity contribution in [2.75, 3.05) is 27.2 Å².